The van der Waals surface area contributed by atoms with Gasteiger partial charge in [-0.15, -0.1) is 6.58 Å². The molecule has 0 saturated carbocycles. The fourth-order valence-corrected chi connectivity index (χ4v) is 4.05. The molecule has 7 nitrogen and oxygen atoms in total. The van der Waals surface area contributed by atoms with Crippen molar-refractivity contribution in [1.29, 1.82) is 0 Å². The molecule has 2 aliphatic heterocycles. The molecule has 0 bridgehead atoms. The lowest BCUT2D eigenvalue weighted by atomic mass is 9.96. The summed E-state index contributed by atoms with van der Waals surface area (Å²) in [6.07, 6.45) is 2.42. The first-order valence-corrected chi connectivity index (χ1v) is 10.1. The molecule has 2 aromatic carbocycles. The van der Waals surface area contributed by atoms with Crippen LogP contribution in [0.25, 0.3) is 11.1 Å². The Morgan fingerprint density at radius 1 is 1.23 bits per heavy atom. The topological polar surface area (TPSA) is 90.5 Å². The van der Waals surface area contributed by atoms with E-state index < -0.39 is 6.04 Å². The second kappa shape index (κ2) is 8.59. The molecule has 31 heavy (non-hydrogen) atoms. The zero-order valence-electron chi connectivity index (χ0n) is 16.9. The fraction of sp³-hybridized carbons (Fsp3) is 0.261. The number of halogens is 1. The summed E-state index contributed by atoms with van der Waals surface area (Å²) in [5.41, 5.74) is 1.68. The normalized spacial score (nSPS) is 20.1. The Hall–Kier alpha value is -3.68. The molecule has 0 radical (unpaired) electrons. The fourth-order valence-electron chi connectivity index (χ4n) is 4.05. The van der Waals surface area contributed by atoms with Crippen LogP contribution in [0.1, 0.15) is 23.2 Å². The number of piperidine rings is 1. The molecule has 1 fully saturated rings. The number of urea groups is 1. The Kier molecular flexibility index (Phi) is 5.70. The summed E-state index contributed by atoms with van der Waals surface area (Å²) in [6.45, 7) is 4.22. The molecule has 1 saturated heterocycles. The minimum absolute atomic E-state index is 0.236. The van der Waals surface area contributed by atoms with Gasteiger partial charge < -0.3 is 20.9 Å². The van der Waals surface area contributed by atoms with Crippen molar-refractivity contribution in [3.05, 3.63) is 66.5 Å². The molecule has 2 unspecified atom stereocenters. The van der Waals surface area contributed by atoms with E-state index in [4.69, 9.17) is 0 Å². The van der Waals surface area contributed by atoms with Gasteiger partial charge in [0.25, 0.3) is 5.91 Å². The van der Waals surface area contributed by atoms with Crippen molar-refractivity contribution in [2.45, 2.75) is 24.9 Å². The number of rotatable bonds is 4. The highest BCUT2D eigenvalue weighted by Gasteiger charge is 2.40. The minimum atomic E-state index is -0.699. The standard InChI is InChI=1S/C23H23FN4O3/c1-2-10-25-23(31)26-15-9-11-28-20(13-15)21(29)27-19-8-7-14(12-17(19)22(28)30)16-5-3-4-6-18(16)24/h2-8,12,15,20H,1,9-11,13H2,(H,27,29)(H2,25,26,31). The van der Waals surface area contributed by atoms with Crippen LogP contribution in [-0.4, -0.2) is 47.9 Å². The SMILES string of the molecule is C=CCNC(=O)NC1CCN2C(=O)c3cc(-c4ccccc4F)ccc3NC(=O)C2C1. The number of fused-ring (bicyclic) bond motifs is 2. The van der Waals surface area contributed by atoms with Gasteiger partial charge in [0.1, 0.15) is 11.9 Å². The third-order valence-corrected chi connectivity index (χ3v) is 5.60. The second-order valence-corrected chi connectivity index (χ2v) is 7.61. The van der Waals surface area contributed by atoms with Gasteiger partial charge in [-0.2, -0.15) is 0 Å². The first kappa shape index (κ1) is 20.6. The summed E-state index contributed by atoms with van der Waals surface area (Å²) in [6, 6.07) is 10.0. The number of carbonyl (C=O) groups is 3. The maximum Gasteiger partial charge on any atom is 0.315 e. The van der Waals surface area contributed by atoms with Crippen LogP contribution in [0.3, 0.4) is 0 Å². The zero-order valence-corrected chi connectivity index (χ0v) is 16.9. The number of amides is 4. The van der Waals surface area contributed by atoms with Crippen molar-refractivity contribution >= 4 is 23.5 Å². The van der Waals surface area contributed by atoms with Crippen LogP contribution in [0, 0.1) is 5.82 Å². The zero-order chi connectivity index (χ0) is 22.0. The average molecular weight is 422 g/mol. The molecule has 0 aliphatic carbocycles. The molecule has 3 N–H and O–H groups in total. The van der Waals surface area contributed by atoms with Gasteiger partial charge in [-0.3, -0.25) is 9.59 Å². The molecular formula is C23H23FN4O3. The summed E-state index contributed by atoms with van der Waals surface area (Å²) < 4.78 is 14.2. The Morgan fingerprint density at radius 2 is 2.03 bits per heavy atom. The first-order chi connectivity index (χ1) is 15.0. The van der Waals surface area contributed by atoms with Crippen molar-refractivity contribution < 1.29 is 18.8 Å². The van der Waals surface area contributed by atoms with Crippen LogP contribution < -0.4 is 16.0 Å². The van der Waals surface area contributed by atoms with Crippen molar-refractivity contribution in [3.63, 3.8) is 0 Å². The minimum Gasteiger partial charge on any atom is -0.335 e. The highest BCUT2D eigenvalue weighted by Crippen LogP contribution is 2.32. The summed E-state index contributed by atoms with van der Waals surface area (Å²) >= 11 is 0. The van der Waals surface area contributed by atoms with Gasteiger partial charge >= 0.3 is 6.03 Å². The molecule has 2 aromatic rings. The summed E-state index contributed by atoms with van der Waals surface area (Å²) in [4.78, 5) is 39.6. The molecule has 2 aliphatic rings. The third-order valence-electron chi connectivity index (χ3n) is 5.60. The highest BCUT2D eigenvalue weighted by molar-refractivity contribution is 6.10. The maximum atomic E-state index is 14.2. The van der Waals surface area contributed by atoms with Crippen LogP contribution in [0.2, 0.25) is 0 Å². The van der Waals surface area contributed by atoms with E-state index in [0.29, 0.717) is 48.3 Å². The lowest BCUT2D eigenvalue weighted by Gasteiger charge is -2.37. The molecule has 8 heteroatoms. The number of nitrogens with one attached hydrogen (secondary N) is 3. The van der Waals surface area contributed by atoms with E-state index in [0.717, 1.165) is 0 Å². The number of hydrogen-bond donors (Lipinski definition) is 3. The number of anilines is 1. The van der Waals surface area contributed by atoms with Gasteiger partial charge in [-0.05, 0) is 36.6 Å². The van der Waals surface area contributed by atoms with E-state index in [9.17, 15) is 18.8 Å². The van der Waals surface area contributed by atoms with Crippen molar-refractivity contribution in [2.24, 2.45) is 0 Å². The van der Waals surface area contributed by atoms with Gasteiger partial charge in [-0.25, -0.2) is 9.18 Å². The summed E-state index contributed by atoms with van der Waals surface area (Å²) in [5.74, 6) is -0.970. The van der Waals surface area contributed by atoms with Gasteiger partial charge in [0.15, 0.2) is 0 Å². The van der Waals surface area contributed by atoms with E-state index in [1.165, 1.54) is 11.0 Å². The monoisotopic (exact) mass is 422 g/mol. The molecular weight excluding hydrogens is 399 g/mol. The van der Waals surface area contributed by atoms with Gasteiger partial charge in [0, 0.05) is 24.7 Å². The average Bonchev–Trinajstić information content (AvgIpc) is 2.87. The highest BCUT2D eigenvalue weighted by atomic mass is 19.1. The number of nitrogens with zero attached hydrogens (tertiary/aromatic N) is 1. The third kappa shape index (κ3) is 4.14. The van der Waals surface area contributed by atoms with Gasteiger partial charge in [0.05, 0.1) is 11.3 Å². The van der Waals surface area contributed by atoms with Crippen LogP contribution in [0.15, 0.2) is 55.1 Å². The van der Waals surface area contributed by atoms with E-state index in [1.54, 1.807) is 42.5 Å². The van der Waals surface area contributed by atoms with Crippen molar-refractivity contribution in [1.82, 2.24) is 15.5 Å². The van der Waals surface area contributed by atoms with Gasteiger partial charge in [0.2, 0.25) is 5.91 Å². The first-order valence-electron chi connectivity index (χ1n) is 10.1. The Morgan fingerprint density at radius 3 is 2.81 bits per heavy atom. The largest absolute Gasteiger partial charge is 0.335 e. The molecule has 4 amide bonds. The van der Waals surface area contributed by atoms with Crippen LogP contribution in [0.5, 0.6) is 0 Å². The van der Waals surface area contributed by atoms with Crippen molar-refractivity contribution in [2.75, 3.05) is 18.4 Å². The Bertz CT molecular complexity index is 1050. The quantitative estimate of drug-likeness (QED) is 0.662. The van der Waals surface area contributed by atoms with E-state index in [2.05, 4.69) is 22.5 Å². The van der Waals surface area contributed by atoms with Crippen LogP contribution in [0.4, 0.5) is 14.9 Å². The Balaban J connectivity index is 1.57. The van der Waals surface area contributed by atoms with Crippen LogP contribution in [-0.2, 0) is 4.79 Å². The number of carbonyl (C=O) groups excluding carboxylic acids is 3. The predicted octanol–water partition coefficient (Wildman–Crippen LogP) is 2.90. The van der Waals surface area contributed by atoms with Crippen molar-refractivity contribution in [3.8, 4) is 11.1 Å². The van der Waals surface area contributed by atoms with E-state index in [-0.39, 0.29) is 29.7 Å². The lowest BCUT2D eigenvalue weighted by molar-refractivity contribution is -0.121. The molecule has 0 aromatic heterocycles. The second-order valence-electron chi connectivity index (χ2n) is 7.61. The summed E-state index contributed by atoms with van der Waals surface area (Å²) in [7, 11) is 0. The molecule has 2 atom stereocenters. The molecule has 4 rings (SSSR count). The number of benzene rings is 2. The number of hydrogen-bond acceptors (Lipinski definition) is 3. The predicted molar refractivity (Wildman–Crippen MR) is 115 cm³/mol. The molecule has 160 valence electrons. The van der Waals surface area contributed by atoms with Gasteiger partial charge in [-0.1, -0.05) is 30.3 Å². The van der Waals surface area contributed by atoms with E-state index in [1.807, 2.05) is 0 Å². The van der Waals surface area contributed by atoms with Crippen LogP contribution >= 0.6 is 0 Å². The molecule has 0 spiro atoms. The smallest absolute Gasteiger partial charge is 0.315 e. The summed E-state index contributed by atoms with van der Waals surface area (Å²) in [5, 5.41) is 8.30. The van der Waals surface area contributed by atoms with E-state index >= 15 is 0 Å². The maximum absolute atomic E-state index is 14.2. The lowest BCUT2D eigenvalue weighted by Crippen LogP contribution is -2.56. The Labute approximate surface area is 179 Å². The molecule has 2 heterocycles.